The number of aliphatic hydroxyl groups is 1. The standard InChI is InChI=1S/C16H22N2O3/c1-9(14-12-6-11(19)7-16(12,14)2)18-15(20)10-4-5-13(21-3)17-8-10/h4-5,8-9,11-12,14,19H,6-7H2,1-3H3,(H,18,20)/t9?,11-,12+,14+,16?/m1/s1. The van der Waals surface area contributed by atoms with E-state index in [0.717, 1.165) is 12.8 Å². The van der Waals surface area contributed by atoms with E-state index in [2.05, 4.69) is 24.1 Å². The molecule has 0 radical (unpaired) electrons. The molecule has 5 atom stereocenters. The normalized spacial score (nSPS) is 35.0. The highest BCUT2D eigenvalue weighted by atomic mass is 16.5. The minimum atomic E-state index is -0.162. The molecule has 0 aliphatic heterocycles. The van der Waals surface area contributed by atoms with Crippen molar-refractivity contribution in [1.29, 1.82) is 0 Å². The number of fused-ring (bicyclic) bond motifs is 1. The predicted octanol–water partition coefficient (Wildman–Crippen LogP) is 1.62. The second-order valence-corrected chi connectivity index (χ2v) is 6.58. The van der Waals surface area contributed by atoms with Crippen LogP contribution >= 0.6 is 0 Å². The van der Waals surface area contributed by atoms with Crippen LogP contribution in [-0.2, 0) is 0 Å². The van der Waals surface area contributed by atoms with Crippen molar-refractivity contribution in [2.75, 3.05) is 7.11 Å². The summed E-state index contributed by atoms with van der Waals surface area (Å²) in [5.41, 5.74) is 0.739. The number of carbonyl (C=O) groups is 1. The summed E-state index contributed by atoms with van der Waals surface area (Å²) < 4.78 is 4.99. The number of carbonyl (C=O) groups excluding carboxylic acids is 1. The monoisotopic (exact) mass is 290 g/mol. The summed E-state index contributed by atoms with van der Waals surface area (Å²) in [7, 11) is 1.55. The van der Waals surface area contributed by atoms with Gasteiger partial charge in [-0.25, -0.2) is 4.98 Å². The molecule has 1 heterocycles. The van der Waals surface area contributed by atoms with Gasteiger partial charge in [-0.15, -0.1) is 0 Å². The molecule has 2 fully saturated rings. The molecule has 1 amide bonds. The Bertz CT molecular complexity index is 545. The van der Waals surface area contributed by atoms with Gasteiger partial charge in [0.15, 0.2) is 0 Å². The topological polar surface area (TPSA) is 71.5 Å². The summed E-state index contributed by atoms with van der Waals surface area (Å²) in [5, 5.41) is 12.8. The van der Waals surface area contributed by atoms with Crippen molar-refractivity contribution in [3.8, 4) is 5.88 Å². The lowest BCUT2D eigenvalue weighted by atomic mass is 9.96. The number of rotatable bonds is 4. The number of aliphatic hydroxyl groups excluding tert-OH is 1. The number of nitrogens with zero attached hydrogens (tertiary/aromatic N) is 1. The van der Waals surface area contributed by atoms with E-state index in [0.29, 0.717) is 23.3 Å². The zero-order valence-electron chi connectivity index (χ0n) is 12.7. The van der Waals surface area contributed by atoms with Crippen LogP contribution in [0.3, 0.4) is 0 Å². The van der Waals surface area contributed by atoms with Crippen molar-refractivity contribution in [3.63, 3.8) is 0 Å². The lowest BCUT2D eigenvalue weighted by Crippen LogP contribution is -2.36. The summed E-state index contributed by atoms with van der Waals surface area (Å²) in [6.07, 6.45) is 3.09. The van der Waals surface area contributed by atoms with E-state index in [9.17, 15) is 9.90 Å². The van der Waals surface area contributed by atoms with Gasteiger partial charge in [0.2, 0.25) is 5.88 Å². The first-order valence-corrected chi connectivity index (χ1v) is 7.44. The molecule has 2 N–H and O–H groups in total. The number of hydrogen-bond donors (Lipinski definition) is 2. The van der Waals surface area contributed by atoms with E-state index in [1.165, 1.54) is 6.20 Å². The van der Waals surface area contributed by atoms with Crippen LogP contribution in [0, 0.1) is 17.3 Å². The van der Waals surface area contributed by atoms with Crippen LogP contribution in [0.15, 0.2) is 18.3 Å². The smallest absolute Gasteiger partial charge is 0.253 e. The molecule has 2 saturated carbocycles. The van der Waals surface area contributed by atoms with Gasteiger partial charge >= 0.3 is 0 Å². The van der Waals surface area contributed by atoms with Gasteiger partial charge in [-0.1, -0.05) is 6.92 Å². The molecule has 5 heteroatoms. The van der Waals surface area contributed by atoms with Crippen LogP contribution in [0.4, 0.5) is 0 Å². The molecule has 1 aromatic rings. The molecule has 3 rings (SSSR count). The minimum absolute atomic E-state index is 0.105. The molecule has 1 aromatic heterocycles. The van der Waals surface area contributed by atoms with Crippen LogP contribution in [0.1, 0.15) is 37.0 Å². The molecule has 114 valence electrons. The van der Waals surface area contributed by atoms with Gasteiger partial charge in [0, 0.05) is 18.3 Å². The largest absolute Gasteiger partial charge is 0.481 e. The molecular weight excluding hydrogens is 268 g/mol. The Morgan fingerprint density at radius 1 is 1.57 bits per heavy atom. The highest BCUT2D eigenvalue weighted by Crippen LogP contribution is 2.69. The van der Waals surface area contributed by atoms with Crippen LogP contribution in [0.2, 0.25) is 0 Å². The molecule has 5 nitrogen and oxygen atoms in total. The third-order valence-corrected chi connectivity index (χ3v) is 5.24. The molecule has 0 spiro atoms. The van der Waals surface area contributed by atoms with Crippen molar-refractivity contribution in [1.82, 2.24) is 10.3 Å². The third-order valence-electron chi connectivity index (χ3n) is 5.24. The van der Waals surface area contributed by atoms with Crippen molar-refractivity contribution in [2.24, 2.45) is 17.3 Å². The van der Waals surface area contributed by atoms with E-state index in [1.807, 2.05) is 0 Å². The lowest BCUT2D eigenvalue weighted by molar-refractivity contribution is 0.0924. The van der Waals surface area contributed by atoms with Crippen molar-refractivity contribution in [2.45, 2.75) is 38.8 Å². The van der Waals surface area contributed by atoms with Gasteiger partial charge in [-0.3, -0.25) is 4.79 Å². The van der Waals surface area contributed by atoms with Crippen molar-refractivity contribution >= 4 is 5.91 Å². The van der Waals surface area contributed by atoms with E-state index in [-0.39, 0.29) is 23.5 Å². The Labute approximate surface area is 124 Å². The summed E-state index contributed by atoms with van der Waals surface area (Å²) >= 11 is 0. The fourth-order valence-electron chi connectivity index (χ4n) is 4.22. The lowest BCUT2D eigenvalue weighted by Gasteiger charge is -2.20. The predicted molar refractivity (Wildman–Crippen MR) is 78.0 cm³/mol. The van der Waals surface area contributed by atoms with Gasteiger partial charge < -0.3 is 15.2 Å². The second-order valence-electron chi connectivity index (χ2n) is 6.58. The van der Waals surface area contributed by atoms with Gasteiger partial charge in [-0.05, 0) is 43.1 Å². The number of nitrogens with one attached hydrogen (secondary N) is 1. The molecular formula is C16H22N2O3. The maximum Gasteiger partial charge on any atom is 0.253 e. The average molecular weight is 290 g/mol. The number of ether oxygens (including phenoxy) is 1. The van der Waals surface area contributed by atoms with Crippen molar-refractivity contribution in [3.05, 3.63) is 23.9 Å². The van der Waals surface area contributed by atoms with Crippen LogP contribution in [0.5, 0.6) is 5.88 Å². The highest BCUT2D eigenvalue weighted by molar-refractivity contribution is 5.94. The van der Waals surface area contributed by atoms with Gasteiger partial charge in [0.05, 0.1) is 18.8 Å². The zero-order chi connectivity index (χ0) is 15.2. The molecule has 0 aromatic carbocycles. The highest BCUT2D eigenvalue weighted by Gasteiger charge is 2.67. The molecule has 0 saturated heterocycles. The first-order chi connectivity index (χ1) is 9.95. The number of aromatic nitrogens is 1. The summed E-state index contributed by atoms with van der Waals surface area (Å²) in [5.74, 6) is 1.40. The molecule has 2 aliphatic carbocycles. The van der Waals surface area contributed by atoms with Crippen molar-refractivity contribution < 1.29 is 14.6 Å². The maximum absolute atomic E-state index is 12.2. The first kappa shape index (κ1) is 14.3. The number of hydrogen-bond acceptors (Lipinski definition) is 4. The Morgan fingerprint density at radius 3 is 2.86 bits per heavy atom. The third kappa shape index (κ3) is 2.39. The molecule has 2 aliphatic rings. The van der Waals surface area contributed by atoms with Gasteiger partial charge in [0.25, 0.3) is 5.91 Å². The molecule has 0 bridgehead atoms. The molecule has 21 heavy (non-hydrogen) atoms. The van der Waals surface area contributed by atoms with E-state index >= 15 is 0 Å². The number of methoxy groups -OCH3 is 1. The Morgan fingerprint density at radius 2 is 2.33 bits per heavy atom. The molecule has 2 unspecified atom stereocenters. The fourth-order valence-corrected chi connectivity index (χ4v) is 4.22. The Kier molecular flexibility index (Phi) is 3.40. The Hall–Kier alpha value is -1.62. The van der Waals surface area contributed by atoms with Crippen LogP contribution < -0.4 is 10.1 Å². The zero-order valence-corrected chi connectivity index (χ0v) is 12.7. The summed E-state index contributed by atoms with van der Waals surface area (Å²) in [4.78, 5) is 16.3. The first-order valence-electron chi connectivity index (χ1n) is 7.44. The van der Waals surface area contributed by atoms with Gasteiger partial charge in [0.1, 0.15) is 0 Å². The number of pyridine rings is 1. The SMILES string of the molecule is COc1ccc(C(=O)NC(C)[C@H]2[C@@H]3C[C@@H](O)CC32C)cn1. The quantitative estimate of drug-likeness (QED) is 0.884. The second kappa shape index (κ2) is 4.98. The van der Waals surface area contributed by atoms with Crippen LogP contribution in [-0.4, -0.2) is 35.3 Å². The number of amides is 1. The van der Waals surface area contributed by atoms with Gasteiger partial charge in [-0.2, -0.15) is 0 Å². The average Bonchev–Trinajstić information content (AvgIpc) is 2.88. The van der Waals surface area contributed by atoms with E-state index in [4.69, 9.17) is 4.74 Å². The fraction of sp³-hybridized carbons (Fsp3) is 0.625. The van der Waals surface area contributed by atoms with E-state index in [1.54, 1.807) is 19.2 Å². The summed E-state index contributed by atoms with van der Waals surface area (Å²) in [6, 6.07) is 3.51. The van der Waals surface area contributed by atoms with E-state index < -0.39 is 0 Å². The maximum atomic E-state index is 12.2. The Balaban J connectivity index is 1.60. The summed E-state index contributed by atoms with van der Waals surface area (Å²) in [6.45, 7) is 4.27. The minimum Gasteiger partial charge on any atom is -0.481 e. The van der Waals surface area contributed by atoms with Crippen LogP contribution in [0.25, 0.3) is 0 Å².